The average Bonchev–Trinajstić information content (AvgIpc) is 3.70. The maximum atomic E-state index is 15.3. The highest BCUT2D eigenvalue weighted by Crippen LogP contribution is 2.41. The van der Waals surface area contributed by atoms with E-state index in [1.54, 1.807) is 4.90 Å². The van der Waals surface area contributed by atoms with E-state index in [2.05, 4.69) is 46.2 Å². The molecule has 4 heterocycles. The molecule has 1 unspecified atom stereocenters. The third-order valence-corrected chi connectivity index (χ3v) is 9.19. The second kappa shape index (κ2) is 14.5. The lowest BCUT2D eigenvalue weighted by Crippen LogP contribution is -2.34. The van der Waals surface area contributed by atoms with E-state index in [0.29, 0.717) is 40.9 Å². The molecule has 6 rings (SSSR count). The molecule has 1 N–H and O–H groups in total. The molecule has 1 atom stereocenters. The van der Waals surface area contributed by atoms with Crippen LogP contribution >= 0.6 is 11.3 Å². The number of fused-ring (bicyclic) bond motifs is 2. The number of amides is 2. The van der Waals surface area contributed by atoms with Crippen molar-refractivity contribution in [1.29, 1.82) is 0 Å². The first-order chi connectivity index (χ1) is 22.8. The standard InChI is InChI=1S/C34H35F2N5O5S/c1-3-29(42)41-12-9-25(19-41)46-34(43)37-10-13-44-14-15-45-28-17-24(35)6-7-26(28)32-30-27(36)20-47-33(30)31(38-39-32)22-4-5-23-18-40(2)11-8-21(23)16-22/h3-7,16-17,20,25H,1,8-15,18-19H2,2H3,(H,37,43). The monoisotopic (exact) mass is 663 g/mol. The molecule has 2 aliphatic rings. The van der Waals surface area contributed by atoms with Crippen LogP contribution in [0.25, 0.3) is 32.6 Å². The van der Waals surface area contributed by atoms with Gasteiger partial charge in [0.05, 0.1) is 29.8 Å². The Kier molecular flexibility index (Phi) is 10.0. The number of alkyl carbamates (subject to hydrolysis) is 1. The van der Waals surface area contributed by atoms with Gasteiger partial charge < -0.3 is 29.3 Å². The summed E-state index contributed by atoms with van der Waals surface area (Å²) in [6.07, 6.45) is 1.77. The van der Waals surface area contributed by atoms with Gasteiger partial charge in [0.15, 0.2) is 0 Å². The Morgan fingerprint density at radius 3 is 2.79 bits per heavy atom. The van der Waals surface area contributed by atoms with Crippen LogP contribution in [0, 0.1) is 11.6 Å². The average molecular weight is 664 g/mol. The molecule has 0 bridgehead atoms. The van der Waals surface area contributed by atoms with E-state index in [1.807, 2.05) is 6.07 Å². The number of carbonyl (C=O) groups is 2. The summed E-state index contributed by atoms with van der Waals surface area (Å²) in [5.41, 5.74) is 4.67. The Balaban J connectivity index is 1.06. The fourth-order valence-corrected chi connectivity index (χ4v) is 6.76. The lowest BCUT2D eigenvalue weighted by molar-refractivity contribution is -0.125. The number of nitrogens with zero attached hydrogens (tertiary/aromatic N) is 4. The van der Waals surface area contributed by atoms with Crippen LogP contribution < -0.4 is 10.1 Å². The lowest BCUT2D eigenvalue weighted by atomic mass is 9.96. The number of hydrogen-bond donors (Lipinski definition) is 1. The summed E-state index contributed by atoms with van der Waals surface area (Å²) in [5, 5.41) is 13.3. The zero-order chi connectivity index (χ0) is 32.9. The minimum atomic E-state index is -0.592. The van der Waals surface area contributed by atoms with E-state index in [4.69, 9.17) is 14.2 Å². The molecule has 0 spiro atoms. The maximum Gasteiger partial charge on any atom is 0.407 e. The van der Waals surface area contributed by atoms with Gasteiger partial charge in [-0.05, 0) is 48.9 Å². The highest BCUT2D eigenvalue weighted by atomic mass is 32.1. The second-order valence-electron chi connectivity index (χ2n) is 11.5. The fraction of sp³-hybridized carbons (Fsp3) is 0.353. The number of likely N-dealkylation sites (N-methyl/N-ethyl adjacent to an activating group) is 1. The van der Waals surface area contributed by atoms with Gasteiger partial charge in [0, 0.05) is 55.2 Å². The van der Waals surface area contributed by atoms with Crippen molar-refractivity contribution in [3.05, 3.63) is 77.2 Å². The van der Waals surface area contributed by atoms with E-state index in [-0.39, 0.29) is 49.8 Å². The van der Waals surface area contributed by atoms with Gasteiger partial charge in [0.25, 0.3) is 0 Å². The van der Waals surface area contributed by atoms with Crippen LogP contribution in [0.3, 0.4) is 0 Å². The van der Waals surface area contributed by atoms with E-state index < -0.39 is 17.7 Å². The van der Waals surface area contributed by atoms with Crippen molar-refractivity contribution in [1.82, 2.24) is 25.3 Å². The van der Waals surface area contributed by atoms with Crippen molar-refractivity contribution >= 4 is 33.4 Å². The first-order valence-electron chi connectivity index (χ1n) is 15.4. The quantitative estimate of drug-likeness (QED) is 0.173. The highest BCUT2D eigenvalue weighted by molar-refractivity contribution is 7.17. The van der Waals surface area contributed by atoms with Crippen LogP contribution in [-0.4, -0.2) is 91.1 Å². The zero-order valence-electron chi connectivity index (χ0n) is 26.0. The summed E-state index contributed by atoms with van der Waals surface area (Å²) in [5.74, 6) is -0.957. The number of ether oxygens (including phenoxy) is 3. The molecule has 2 aliphatic heterocycles. The third-order valence-electron chi connectivity index (χ3n) is 8.24. The summed E-state index contributed by atoms with van der Waals surface area (Å²) in [4.78, 5) is 27.6. The van der Waals surface area contributed by atoms with Gasteiger partial charge in [-0.25, -0.2) is 13.6 Å². The SMILES string of the molecule is C=CC(=O)N1CCC(OC(=O)NCCOCCOc2cc(F)ccc2-c2nnc(-c3ccc4c(c3)CCN(C)C4)c3scc(F)c23)C1. The third kappa shape index (κ3) is 7.42. The molecule has 246 valence electrons. The van der Waals surface area contributed by atoms with Gasteiger partial charge in [0.1, 0.15) is 41.5 Å². The smallest absolute Gasteiger partial charge is 0.407 e. The van der Waals surface area contributed by atoms with Gasteiger partial charge >= 0.3 is 6.09 Å². The molecular formula is C34H35F2N5O5S. The summed E-state index contributed by atoms with van der Waals surface area (Å²) < 4.78 is 47.1. The van der Waals surface area contributed by atoms with Crippen molar-refractivity contribution < 1.29 is 32.6 Å². The Labute approximate surface area is 274 Å². The number of nitrogens with one attached hydrogen (secondary N) is 1. The van der Waals surface area contributed by atoms with Crippen LogP contribution in [0.5, 0.6) is 5.75 Å². The molecule has 0 saturated carbocycles. The summed E-state index contributed by atoms with van der Waals surface area (Å²) in [7, 11) is 2.10. The Morgan fingerprint density at radius 2 is 1.94 bits per heavy atom. The Bertz CT molecular complexity index is 1800. The van der Waals surface area contributed by atoms with Gasteiger partial charge in [-0.15, -0.1) is 21.5 Å². The first kappa shape index (κ1) is 32.5. The number of benzene rings is 2. The normalized spacial score (nSPS) is 16.2. The molecule has 0 radical (unpaired) electrons. The predicted molar refractivity (Wildman–Crippen MR) is 174 cm³/mol. The minimum absolute atomic E-state index is 0.0707. The molecular weight excluding hydrogens is 628 g/mol. The molecule has 4 aromatic rings. The van der Waals surface area contributed by atoms with Gasteiger partial charge in [-0.3, -0.25) is 4.79 Å². The number of thiophene rings is 1. The maximum absolute atomic E-state index is 15.3. The molecule has 1 saturated heterocycles. The Hall–Kier alpha value is -4.46. The number of likely N-dealkylation sites (tertiary alicyclic amines) is 1. The molecule has 0 aliphatic carbocycles. The van der Waals surface area contributed by atoms with E-state index in [1.165, 1.54) is 52.1 Å². The van der Waals surface area contributed by atoms with Crippen molar-refractivity contribution in [3.63, 3.8) is 0 Å². The first-order valence-corrected chi connectivity index (χ1v) is 16.3. The van der Waals surface area contributed by atoms with Crippen molar-refractivity contribution in [2.45, 2.75) is 25.5 Å². The minimum Gasteiger partial charge on any atom is -0.490 e. The van der Waals surface area contributed by atoms with Crippen LogP contribution in [-0.2, 0) is 27.2 Å². The predicted octanol–water partition coefficient (Wildman–Crippen LogP) is 5.20. The lowest BCUT2D eigenvalue weighted by Gasteiger charge is -2.25. The topological polar surface area (TPSA) is 106 Å². The zero-order valence-corrected chi connectivity index (χ0v) is 26.8. The molecule has 2 aromatic carbocycles. The summed E-state index contributed by atoms with van der Waals surface area (Å²) in [6.45, 7) is 6.77. The van der Waals surface area contributed by atoms with Crippen LogP contribution in [0.2, 0.25) is 0 Å². The van der Waals surface area contributed by atoms with Crippen molar-refractivity contribution in [3.8, 4) is 28.3 Å². The summed E-state index contributed by atoms with van der Waals surface area (Å²) >= 11 is 1.25. The molecule has 1 fully saturated rings. The van der Waals surface area contributed by atoms with E-state index in [0.717, 1.165) is 25.1 Å². The Morgan fingerprint density at radius 1 is 1.09 bits per heavy atom. The van der Waals surface area contributed by atoms with Crippen LogP contribution in [0.4, 0.5) is 13.6 Å². The number of halogens is 2. The van der Waals surface area contributed by atoms with Gasteiger partial charge in [-0.2, -0.15) is 0 Å². The largest absolute Gasteiger partial charge is 0.490 e. The van der Waals surface area contributed by atoms with E-state index >= 15 is 4.39 Å². The molecule has 13 heteroatoms. The van der Waals surface area contributed by atoms with Crippen LogP contribution in [0.1, 0.15) is 17.5 Å². The second-order valence-corrected chi connectivity index (χ2v) is 12.4. The van der Waals surface area contributed by atoms with Crippen LogP contribution in [0.15, 0.2) is 54.4 Å². The van der Waals surface area contributed by atoms with Gasteiger partial charge in [0.2, 0.25) is 5.91 Å². The molecule has 2 amide bonds. The molecule has 2 aromatic heterocycles. The molecule has 47 heavy (non-hydrogen) atoms. The number of hydrogen-bond acceptors (Lipinski definition) is 9. The number of rotatable bonds is 11. The molecule has 10 nitrogen and oxygen atoms in total. The van der Waals surface area contributed by atoms with Crippen molar-refractivity contribution in [2.24, 2.45) is 0 Å². The number of carbonyl (C=O) groups excluding carboxylic acids is 2. The van der Waals surface area contributed by atoms with Crippen molar-refractivity contribution in [2.75, 3.05) is 53.0 Å². The number of aromatic nitrogens is 2. The summed E-state index contributed by atoms with van der Waals surface area (Å²) in [6, 6.07) is 10.2. The highest BCUT2D eigenvalue weighted by Gasteiger charge is 2.27. The van der Waals surface area contributed by atoms with Gasteiger partial charge in [-0.1, -0.05) is 18.7 Å². The fourth-order valence-electron chi connectivity index (χ4n) is 5.84. The van der Waals surface area contributed by atoms with E-state index in [9.17, 15) is 14.0 Å².